The molecule has 0 saturated carbocycles. The van der Waals surface area contributed by atoms with Gasteiger partial charge in [0.2, 0.25) is 18.6 Å². The molecule has 0 radical (unpaired) electrons. The lowest BCUT2D eigenvalue weighted by Gasteiger charge is -2.18. The molecule has 42 heavy (non-hydrogen) atoms. The fourth-order valence-corrected chi connectivity index (χ4v) is 6.14. The molecule has 11 nitrogen and oxygen atoms in total. The molecule has 3 heterocycles. The van der Waals surface area contributed by atoms with Crippen LogP contribution >= 0.6 is 0 Å². The van der Waals surface area contributed by atoms with Crippen molar-refractivity contribution < 1.29 is 27.1 Å². The number of ether oxygens (including phenoxy) is 2. The summed E-state index contributed by atoms with van der Waals surface area (Å²) in [4.78, 5) is 25.5. The molecular formula is C30H28N4O7S. The Morgan fingerprint density at radius 2 is 1.76 bits per heavy atom. The van der Waals surface area contributed by atoms with E-state index in [1.54, 1.807) is 42.5 Å². The van der Waals surface area contributed by atoms with Gasteiger partial charge in [-0.1, -0.05) is 38.1 Å². The quantitative estimate of drug-likeness (QED) is 0.270. The zero-order valence-electron chi connectivity index (χ0n) is 23.1. The summed E-state index contributed by atoms with van der Waals surface area (Å²) >= 11 is 0. The Bertz CT molecular complexity index is 1970. The lowest BCUT2D eigenvalue weighted by molar-refractivity contribution is -0.119. The number of carbonyl (C=O) groups excluding carboxylic acids is 1. The maximum Gasteiger partial charge on any atom is 0.434 e. The van der Waals surface area contributed by atoms with Gasteiger partial charge in [-0.25, -0.2) is 23.0 Å². The number of nitrogens with zero attached hydrogens (tertiary/aromatic N) is 2. The molecule has 6 rings (SSSR count). The van der Waals surface area contributed by atoms with Gasteiger partial charge in [0.25, 0.3) is 10.0 Å². The Labute approximate surface area is 241 Å². The second-order valence-corrected chi connectivity index (χ2v) is 11.9. The van der Waals surface area contributed by atoms with Crippen molar-refractivity contribution >= 4 is 26.8 Å². The van der Waals surface area contributed by atoms with E-state index < -0.39 is 27.6 Å². The molecule has 12 heteroatoms. The van der Waals surface area contributed by atoms with Gasteiger partial charge in [0, 0.05) is 29.2 Å². The summed E-state index contributed by atoms with van der Waals surface area (Å²) in [5.74, 6) is -1.05. The molecule has 1 amide bonds. The number of hydrogen-bond donors (Lipinski definition) is 2. The number of hydrogen-bond acceptors (Lipinski definition) is 8. The van der Waals surface area contributed by atoms with Crippen molar-refractivity contribution in [3.63, 3.8) is 0 Å². The standard InChI is InChI=1S/C30H28N4O7S/c1-4-34-15-23(22-11-7-20(13-24(22)34)29-31-32-30(36)41-29)27(19-8-12-25-26(14-19)40-16-39-25)28(35)33-42(37,38)21-9-5-18(6-10-21)17(2)3/h5-15,17,27H,4,16H2,1-3H3,(H,32,36)(H,33,35). The van der Waals surface area contributed by atoms with Crippen LogP contribution in [0.15, 0.2) is 81.0 Å². The number of amides is 1. The summed E-state index contributed by atoms with van der Waals surface area (Å²) in [5, 5.41) is 6.89. The molecule has 5 aromatic rings. The van der Waals surface area contributed by atoms with Crippen LogP contribution in [0.1, 0.15) is 49.3 Å². The SMILES string of the molecule is CCn1cc(C(C(=O)NS(=O)(=O)c2ccc(C(C)C)cc2)c2ccc3c(c2)OCO3)c2ccc(-c3n[nH]c(=O)o3)cc21. The molecule has 3 aromatic carbocycles. The van der Waals surface area contributed by atoms with E-state index in [9.17, 15) is 18.0 Å². The first-order valence-corrected chi connectivity index (χ1v) is 14.9. The number of aryl methyl sites for hydroxylation is 1. The predicted molar refractivity (Wildman–Crippen MR) is 154 cm³/mol. The maximum absolute atomic E-state index is 14.0. The van der Waals surface area contributed by atoms with Crippen molar-refractivity contribution in [1.29, 1.82) is 0 Å². The number of carbonyl (C=O) groups is 1. The summed E-state index contributed by atoms with van der Waals surface area (Å²) < 4.78 is 47.1. The van der Waals surface area contributed by atoms with Gasteiger partial charge in [-0.3, -0.25) is 4.79 Å². The van der Waals surface area contributed by atoms with Gasteiger partial charge in [0.1, 0.15) is 0 Å². The van der Waals surface area contributed by atoms with Crippen molar-refractivity contribution in [2.75, 3.05) is 6.79 Å². The van der Waals surface area contributed by atoms with Gasteiger partial charge < -0.3 is 18.5 Å². The minimum atomic E-state index is -4.18. The van der Waals surface area contributed by atoms with E-state index >= 15 is 0 Å². The van der Waals surface area contributed by atoms with E-state index in [0.29, 0.717) is 34.7 Å². The van der Waals surface area contributed by atoms with Crippen molar-refractivity contribution in [3.05, 3.63) is 94.1 Å². The molecule has 1 aliphatic heterocycles. The fourth-order valence-electron chi connectivity index (χ4n) is 5.15. The minimum Gasteiger partial charge on any atom is -0.454 e. The number of nitrogens with one attached hydrogen (secondary N) is 2. The molecule has 216 valence electrons. The van der Waals surface area contributed by atoms with Gasteiger partial charge >= 0.3 is 5.76 Å². The molecule has 0 saturated heterocycles. The summed E-state index contributed by atoms with van der Waals surface area (Å²) in [6, 6.07) is 16.9. The molecule has 0 fully saturated rings. The Kier molecular flexibility index (Phi) is 6.85. The number of aromatic nitrogens is 3. The lowest BCUT2D eigenvalue weighted by Crippen LogP contribution is -2.35. The molecule has 0 spiro atoms. The Hall–Kier alpha value is -4.84. The normalized spacial score (nSPS) is 13.5. The Morgan fingerprint density at radius 3 is 2.45 bits per heavy atom. The number of H-pyrrole nitrogens is 1. The van der Waals surface area contributed by atoms with Gasteiger partial charge in [-0.2, -0.15) is 0 Å². The zero-order chi connectivity index (χ0) is 29.6. The highest BCUT2D eigenvalue weighted by Crippen LogP contribution is 2.39. The third kappa shape index (κ3) is 4.94. The molecule has 1 atom stereocenters. The van der Waals surface area contributed by atoms with E-state index in [0.717, 1.165) is 16.5 Å². The molecule has 2 aromatic heterocycles. The van der Waals surface area contributed by atoms with E-state index in [1.165, 1.54) is 12.1 Å². The largest absolute Gasteiger partial charge is 0.454 e. The zero-order valence-corrected chi connectivity index (χ0v) is 23.9. The summed E-state index contributed by atoms with van der Waals surface area (Å²) in [7, 11) is -4.18. The van der Waals surface area contributed by atoms with Crippen LogP contribution in [0.5, 0.6) is 11.5 Å². The fraction of sp³-hybridized carbons (Fsp3) is 0.233. The molecular weight excluding hydrogens is 560 g/mol. The van der Waals surface area contributed by atoms with E-state index in [4.69, 9.17) is 13.9 Å². The monoisotopic (exact) mass is 588 g/mol. The average molecular weight is 589 g/mol. The second kappa shape index (κ2) is 10.5. The number of sulfonamides is 1. The number of benzene rings is 3. The predicted octanol–water partition coefficient (Wildman–Crippen LogP) is 4.49. The van der Waals surface area contributed by atoms with Crippen LogP contribution in [0.3, 0.4) is 0 Å². The number of rotatable bonds is 8. The third-order valence-electron chi connectivity index (χ3n) is 7.33. The van der Waals surface area contributed by atoms with Crippen molar-refractivity contribution in [2.45, 2.75) is 44.0 Å². The van der Waals surface area contributed by atoms with Crippen molar-refractivity contribution in [3.8, 4) is 23.0 Å². The molecule has 1 unspecified atom stereocenters. The highest BCUT2D eigenvalue weighted by molar-refractivity contribution is 7.90. The first kappa shape index (κ1) is 27.3. The highest BCUT2D eigenvalue weighted by atomic mass is 32.2. The summed E-state index contributed by atoms with van der Waals surface area (Å²) in [6.45, 7) is 6.59. The highest BCUT2D eigenvalue weighted by Gasteiger charge is 2.32. The Morgan fingerprint density at radius 1 is 1.02 bits per heavy atom. The van der Waals surface area contributed by atoms with Crippen LogP contribution in [0.4, 0.5) is 0 Å². The lowest BCUT2D eigenvalue weighted by atomic mass is 9.90. The van der Waals surface area contributed by atoms with Crippen LogP contribution in [0.25, 0.3) is 22.4 Å². The third-order valence-corrected chi connectivity index (χ3v) is 8.70. The van der Waals surface area contributed by atoms with Gasteiger partial charge in [-0.15, -0.1) is 5.10 Å². The van der Waals surface area contributed by atoms with Gasteiger partial charge in [0.15, 0.2) is 11.5 Å². The first-order chi connectivity index (χ1) is 20.1. The number of fused-ring (bicyclic) bond motifs is 2. The van der Waals surface area contributed by atoms with Crippen LogP contribution in [-0.4, -0.2) is 35.9 Å². The van der Waals surface area contributed by atoms with Gasteiger partial charge in [0.05, 0.1) is 10.8 Å². The van der Waals surface area contributed by atoms with E-state index in [2.05, 4.69) is 14.9 Å². The van der Waals surface area contributed by atoms with Gasteiger partial charge in [-0.05, 0) is 65.9 Å². The maximum atomic E-state index is 14.0. The van der Waals surface area contributed by atoms with Crippen molar-refractivity contribution in [1.82, 2.24) is 19.5 Å². The average Bonchev–Trinajstić information content (AvgIpc) is 3.71. The van der Waals surface area contributed by atoms with Crippen molar-refractivity contribution in [2.24, 2.45) is 0 Å². The molecule has 0 bridgehead atoms. The van der Waals surface area contributed by atoms with Crippen LogP contribution in [0.2, 0.25) is 0 Å². The molecule has 1 aliphatic rings. The molecule has 2 N–H and O–H groups in total. The topological polar surface area (TPSA) is 146 Å². The summed E-state index contributed by atoms with van der Waals surface area (Å²) in [6.07, 6.45) is 1.83. The van der Waals surface area contributed by atoms with Crippen LogP contribution in [-0.2, 0) is 21.4 Å². The Balaban J connectivity index is 1.45. The van der Waals surface area contributed by atoms with E-state index in [1.807, 2.05) is 37.6 Å². The first-order valence-electron chi connectivity index (χ1n) is 13.4. The minimum absolute atomic E-state index is 0.00851. The smallest absolute Gasteiger partial charge is 0.434 e. The van der Waals surface area contributed by atoms with E-state index in [-0.39, 0.29) is 23.5 Å². The summed E-state index contributed by atoms with van der Waals surface area (Å²) in [5.41, 5.74) is 3.42. The molecule has 0 aliphatic carbocycles. The second-order valence-electron chi connectivity index (χ2n) is 10.3. The van der Waals surface area contributed by atoms with Crippen LogP contribution < -0.4 is 20.0 Å². The van der Waals surface area contributed by atoms with Crippen LogP contribution in [0, 0.1) is 0 Å². The number of aromatic amines is 1.